The molecule has 5 nitrogen and oxygen atoms in total. The highest BCUT2D eigenvalue weighted by molar-refractivity contribution is 9.10. The van der Waals surface area contributed by atoms with E-state index in [0.717, 1.165) is 20.6 Å². The van der Waals surface area contributed by atoms with Crippen LogP contribution in [-0.2, 0) is 9.53 Å². The van der Waals surface area contributed by atoms with E-state index in [1.54, 1.807) is 13.0 Å². The Morgan fingerprint density at radius 3 is 2.68 bits per heavy atom. The number of aromatic nitrogens is 1. The Morgan fingerprint density at radius 2 is 2.04 bits per heavy atom. The van der Waals surface area contributed by atoms with Gasteiger partial charge in [-0.05, 0) is 42.6 Å². The lowest BCUT2D eigenvalue weighted by atomic mass is 10.1. The predicted molar refractivity (Wildman–Crippen MR) is 113 cm³/mol. The molecule has 0 aliphatic heterocycles. The summed E-state index contributed by atoms with van der Waals surface area (Å²) in [6.45, 7) is 1.80. The molecule has 0 fully saturated rings. The van der Waals surface area contributed by atoms with Crippen LogP contribution in [0.25, 0.3) is 11.3 Å². The van der Waals surface area contributed by atoms with Gasteiger partial charge in [0.05, 0.1) is 36.5 Å². The highest BCUT2D eigenvalue weighted by Gasteiger charge is 2.22. The summed E-state index contributed by atoms with van der Waals surface area (Å²) >= 11 is 4.94. The quantitative estimate of drug-likeness (QED) is 0.532. The number of hydrogen-bond acceptors (Lipinski definition) is 5. The van der Waals surface area contributed by atoms with Crippen LogP contribution >= 0.6 is 27.3 Å². The summed E-state index contributed by atoms with van der Waals surface area (Å²) in [6, 6.07) is 14.8. The standard InChI is InChI=1S/C21H19BrN2O3S/c1-13-16(8-9-17(23-13)14-5-3-6-15(22)11-14)21(26)24-18(12-20(25)27-2)19-7-4-10-28-19/h3-11,18H,12H2,1-2H3,(H,24,26). The molecule has 0 radical (unpaired) electrons. The number of amides is 1. The fourth-order valence-electron chi connectivity index (χ4n) is 2.81. The fraction of sp³-hybridized carbons (Fsp3) is 0.190. The molecule has 1 atom stereocenters. The SMILES string of the molecule is COC(=O)CC(NC(=O)c1ccc(-c2cccc(Br)c2)nc1C)c1cccs1. The summed E-state index contributed by atoms with van der Waals surface area (Å²) in [4.78, 5) is 30.1. The highest BCUT2D eigenvalue weighted by atomic mass is 79.9. The van der Waals surface area contributed by atoms with Crippen LogP contribution in [0.4, 0.5) is 0 Å². The van der Waals surface area contributed by atoms with Gasteiger partial charge in [-0.15, -0.1) is 11.3 Å². The first-order valence-electron chi connectivity index (χ1n) is 8.62. The van der Waals surface area contributed by atoms with Crippen LogP contribution in [-0.4, -0.2) is 24.0 Å². The molecule has 0 saturated carbocycles. The van der Waals surface area contributed by atoms with Crippen molar-refractivity contribution in [3.05, 3.63) is 74.5 Å². The molecular formula is C21H19BrN2O3S. The van der Waals surface area contributed by atoms with E-state index in [0.29, 0.717) is 11.3 Å². The van der Waals surface area contributed by atoms with Gasteiger partial charge in [-0.1, -0.05) is 34.1 Å². The first-order chi connectivity index (χ1) is 13.5. The first kappa shape index (κ1) is 20.2. The number of rotatable bonds is 6. The monoisotopic (exact) mass is 458 g/mol. The van der Waals surface area contributed by atoms with E-state index in [9.17, 15) is 9.59 Å². The van der Waals surface area contributed by atoms with Gasteiger partial charge < -0.3 is 10.1 Å². The third-order valence-corrected chi connectivity index (χ3v) is 5.72. The number of methoxy groups -OCH3 is 1. The van der Waals surface area contributed by atoms with Crippen LogP contribution in [0.2, 0.25) is 0 Å². The molecule has 1 unspecified atom stereocenters. The number of nitrogens with one attached hydrogen (secondary N) is 1. The minimum Gasteiger partial charge on any atom is -0.469 e. The first-order valence-corrected chi connectivity index (χ1v) is 10.3. The minimum atomic E-state index is -0.441. The number of nitrogens with zero attached hydrogens (tertiary/aromatic N) is 1. The normalized spacial score (nSPS) is 11.7. The lowest BCUT2D eigenvalue weighted by molar-refractivity contribution is -0.141. The van der Waals surface area contributed by atoms with Gasteiger partial charge in [0.2, 0.25) is 0 Å². The topological polar surface area (TPSA) is 68.3 Å². The van der Waals surface area contributed by atoms with Crippen molar-refractivity contribution in [1.82, 2.24) is 10.3 Å². The van der Waals surface area contributed by atoms with E-state index in [1.807, 2.05) is 47.8 Å². The molecule has 0 aliphatic carbocycles. The van der Waals surface area contributed by atoms with Crippen molar-refractivity contribution in [3.63, 3.8) is 0 Å². The van der Waals surface area contributed by atoms with Crippen LogP contribution in [0, 0.1) is 6.92 Å². The Hall–Kier alpha value is -2.51. The number of hydrogen-bond donors (Lipinski definition) is 1. The number of esters is 1. The molecule has 7 heteroatoms. The van der Waals surface area contributed by atoms with Crippen molar-refractivity contribution in [1.29, 1.82) is 0 Å². The van der Waals surface area contributed by atoms with Crippen molar-refractivity contribution < 1.29 is 14.3 Å². The van der Waals surface area contributed by atoms with Gasteiger partial charge in [-0.3, -0.25) is 14.6 Å². The largest absolute Gasteiger partial charge is 0.469 e. The molecule has 0 spiro atoms. The lowest BCUT2D eigenvalue weighted by Crippen LogP contribution is -2.30. The number of aryl methyl sites for hydroxylation is 1. The second kappa shape index (κ2) is 9.12. The van der Waals surface area contributed by atoms with Crippen LogP contribution < -0.4 is 5.32 Å². The lowest BCUT2D eigenvalue weighted by Gasteiger charge is -2.17. The average Bonchev–Trinajstić information content (AvgIpc) is 3.22. The van der Waals surface area contributed by atoms with E-state index in [-0.39, 0.29) is 18.3 Å². The molecule has 28 heavy (non-hydrogen) atoms. The second-order valence-electron chi connectivity index (χ2n) is 6.16. The number of pyridine rings is 1. The molecule has 1 aromatic carbocycles. The summed E-state index contributed by atoms with van der Waals surface area (Å²) < 4.78 is 5.73. The maximum Gasteiger partial charge on any atom is 0.307 e. The van der Waals surface area contributed by atoms with Crippen LogP contribution in [0.15, 0.2) is 58.4 Å². The van der Waals surface area contributed by atoms with Gasteiger partial charge in [0.1, 0.15) is 0 Å². The van der Waals surface area contributed by atoms with Gasteiger partial charge >= 0.3 is 5.97 Å². The summed E-state index contributed by atoms with van der Waals surface area (Å²) in [7, 11) is 1.34. The molecule has 3 rings (SSSR count). The zero-order chi connectivity index (χ0) is 20.1. The van der Waals surface area contributed by atoms with E-state index >= 15 is 0 Å². The number of ether oxygens (including phenoxy) is 1. The molecular weight excluding hydrogens is 440 g/mol. The molecule has 1 N–H and O–H groups in total. The Morgan fingerprint density at radius 1 is 1.21 bits per heavy atom. The maximum atomic E-state index is 12.8. The average molecular weight is 459 g/mol. The molecule has 2 heterocycles. The fourth-order valence-corrected chi connectivity index (χ4v) is 3.99. The van der Waals surface area contributed by atoms with Crippen molar-refractivity contribution in [3.8, 4) is 11.3 Å². The van der Waals surface area contributed by atoms with Crippen molar-refractivity contribution in [2.75, 3.05) is 7.11 Å². The summed E-state index contributed by atoms with van der Waals surface area (Å²) in [5, 5.41) is 4.84. The van der Waals surface area contributed by atoms with Gasteiger partial charge in [0, 0.05) is 14.9 Å². The predicted octanol–water partition coefficient (Wildman–Crippen LogP) is 4.92. The summed E-state index contributed by atoms with van der Waals surface area (Å²) in [6.07, 6.45) is 0.0748. The molecule has 0 aliphatic rings. The van der Waals surface area contributed by atoms with Crippen LogP contribution in [0.3, 0.4) is 0 Å². The van der Waals surface area contributed by atoms with Gasteiger partial charge in [-0.2, -0.15) is 0 Å². The Labute approximate surface area is 175 Å². The van der Waals surface area contributed by atoms with E-state index < -0.39 is 6.04 Å². The van der Waals surface area contributed by atoms with Crippen molar-refractivity contribution >= 4 is 39.1 Å². The molecule has 1 amide bonds. The number of halogens is 1. The summed E-state index contributed by atoms with van der Waals surface area (Å²) in [5.41, 5.74) is 2.86. The molecule has 0 bridgehead atoms. The second-order valence-corrected chi connectivity index (χ2v) is 8.06. The number of carbonyl (C=O) groups excluding carboxylic acids is 2. The van der Waals surface area contributed by atoms with E-state index in [1.165, 1.54) is 18.4 Å². The molecule has 3 aromatic rings. The molecule has 0 saturated heterocycles. The molecule has 2 aromatic heterocycles. The third-order valence-electron chi connectivity index (χ3n) is 4.24. The van der Waals surface area contributed by atoms with Crippen LogP contribution in [0.5, 0.6) is 0 Å². The summed E-state index contributed by atoms with van der Waals surface area (Å²) in [5.74, 6) is -0.647. The van der Waals surface area contributed by atoms with Crippen molar-refractivity contribution in [2.45, 2.75) is 19.4 Å². The number of thiophene rings is 1. The Bertz CT molecular complexity index is 989. The number of carbonyl (C=O) groups is 2. The van der Waals surface area contributed by atoms with Crippen LogP contribution in [0.1, 0.15) is 33.4 Å². The van der Waals surface area contributed by atoms with Gasteiger partial charge in [0.25, 0.3) is 5.91 Å². The number of benzene rings is 1. The molecule has 144 valence electrons. The van der Waals surface area contributed by atoms with Crippen molar-refractivity contribution in [2.24, 2.45) is 0 Å². The zero-order valence-electron chi connectivity index (χ0n) is 15.4. The van der Waals surface area contributed by atoms with Gasteiger partial charge in [0.15, 0.2) is 0 Å². The van der Waals surface area contributed by atoms with E-state index in [2.05, 4.69) is 26.2 Å². The van der Waals surface area contributed by atoms with Gasteiger partial charge in [-0.25, -0.2) is 0 Å². The smallest absolute Gasteiger partial charge is 0.307 e. The highest BCUT2D eigenvalue weighted by Crippen LogP contribution is 2.25. The minimum absolute atomic E-state index is 0.0748. The van der Waals surface area contributed by atoms with E-state index in [4.69, 9.17) is 4.74 Å². The third kappa shape index (κ3) is 4.85. The Kier molecular flexibility index (Phi) is 6.59. The maximum absolute atomic E-state index is 12.8. The zero-order valence-corrected chi connectivity index (χ0v) is 17.8. The Balaban J connectivity index is 1.82.